The maximum absolute atomic E-state index is 12.0. The molecule has 0 atom stereocenters. The highest BCUT2D eigenvalue weighted by atomic mass is 16.4. The van der Waals surface area contributed by atoms with Gasteiger partial charge < -0.3 is 14.5 Å². The van der Waals surface area contributed by atoms with Crippen molar-refractivity contribution in [3.8, 4) is 11.3 Å². The summed E-state index contributed by atoms with van der Waals surface area (Å²) in [7, 11) is 0. The van der Waals surface area contributed by atoms with E-state index < -0.39 is 0 Å². The van der Waals surface area contributed by atoms with Gasteiger partial charge in [-0.3, -0.25) is 4.79 Å². The zero-order valence-electron chi connectivity index (χ0n) is 11.0. The van der Waals surface area contributed by atoms with Crippen molar-refractivity contribution in [1.29, 1.82) is 0 Å². The van der Waals surface area contributed by atoms with Crippen LogP contribution >= 0.6 is 0 Å². The second-order valence-electron chi connectivity index (χ2n) is 5.04. The lowest BCUT2D eigenvalue weighted by Crippen LogP contribution is -2.21. The van der Waals surface area contributed by atoms with Crippen LogP contribution in [0, 0.1) is 6.92 Å². The summed E-state index contributed by atoms with van der Waals surface area (Å²) in [5.74, 6) is 1.28. The van der Waals surface area contributed by atoms with Crippen LogP contribution in [0.25, 0.3) is 11.3 Å². The van der Waals surface area contributed by atoms with Gasteiger partial charge in [0, 0.05) is 16.8 Å². The molecule has 1 aliphatic rings. The van der Waals surface area contributed by atoms with Gasteiger partial charge in [0.2, 0.25) is 0 Å². The number of furan rings is 1. The van der Waals surface area contributed by atoms with Crippen LogP contribution in [0.2, 0.25) is 0 Å². The molecule has 0 aromatic carbocycles. The summed E-state index contributed by atoms with van der Waals surface area (Å²) >= 11 is 0. The van der Waals surface area contributed by atoms with Crippen molar-refractivity contribution in [3.63, 3.8) is 0 Å². The molecule has 2 N–H and O–H groups in total. The minimum Gasteiger partial charge on any atom is -0.459 e. The molecular formula is C15H17NO3. The topological polar surface area (TPSA) is 66.2 Å². The minimum absolute atomic E-state index is 0.0323. The van der Waals surface area contributed by atoms with Crippen molar-refractivity contribution in [1.82, 2.24) is 4.98 Å². The molecule has 2 aromatic rings. The van der Waals surface area contributed by atoms with Crippen LogP contribution in [-0.2, 0) is 19.4 Å². The van der Waals surface area contributed by atoms with Crippen molar-refractivity contribution >= 4 is 0 Å². The molecule has 4 nitrogen and oxygen atoms in total. The van der Waals surface area contributed by atoms with Gasteiger partial charge in [-0.1, -0.05) is 0 Å². The van der Waals surface area contributed by atoms with Crippen molar-refractivity contribution in [2.24, 2.45) is 0 Å². The third-order valence-electron chi connectivity index (χ3n) is 3.78. The molecule has 0 fully saturated rings. The smallest absolute Gasteiger partial charge is 0.251 e. The number of rotatable bonds is 2. The fraction of sp³-hybridized carbons (Fsp3) is 0.400. The summed E-state index contributed by atoms with van der Waals surface area (Å²) in [4.78, 5) is 14.9. The second-order valence-corrected chi connectivity index (χ2v) is 5.04. The maximum Gasteiger partial charge on any atom is 0.251 e. The summed E-state index contributed by atoms with van der Waals surface area (Å²) in [5, 5.41) is 9.10. The summed E-state index contributed by atoms with van der Waals surface area (Å²) in [6, 6.07) is 3.64. The first-order chi connectivity index (χ1) is 9.20. The number of hydrogen-bond donors (Lipinski definition) is 2. The molecule has 1 aliphatic carbocycles. The molecule has 2 heterocycles. The van der Waals surface area contributed by atoms with E-state index >= 15 is 0 Å². The molecular weight excluding hydrogens is 242 g/mol. The molecule has 100 valence electrons. The zero-order chi connectivity index (χ0) is 13.4. The first-order valence-corrected chi connectivity index (χ1v) is 6.65. The van der Waals surface area contributed by atoms with Gasteiger partial charge in [0.05, 0.1) is 0 Å². The Labute approximate surface area is 111 Å². The van der Waals surface area contributed by atoms with Gasteiger partial charge >= 0.3 is 0 Å². The lowest BCUT2D eigenvalue weighted by atomic mass is 9.88. The van der Waals surface area contributed by atoms with Gasteiger partial charge in [-0.2, -0.15) is 0 Å². The largest absolute Gasteiger partial charge is 0.459 e. The number of aliphatic hydroxyl groups excluding tert-OH is 1. The molecule has 0 bridgehead atoms. The first kappa shape index (κ1) is 12.2. The average Bonchev–Trinajstić information content (AvgIpc) is 2.87. The van der Waals surface area contributed by atoms with Crippen molar-refractivity contribution in [2.75, 3.05) is 0 Å². The standard InChI is InChI=1S/C15H17NO3/c1-9-14(13-7-6-10(8-17)19-13)11-4-2-3-5-12(11)15(18)16-9/h6-7,17H,2-5,8H2,1H3,(H,16,18). The van der Waals surface area contributed by atoms with E-state index in [4.69, 9.17) is 9.52 Å². The molecule has 0 radical (unpaired) electrons. The van der Waals surface area contributed by atoms with Crippen LogP contribution in [0.5, 0.6) is 0 Å². The Kier molecular flexibility index (Phi) is 3.03. The van der Waals surface area contributed by atoms with E-state index in [9.17, 15) is 4.79 Å². The van der Waals surface area contributed by atoms with Crippen LogP contribution in [0.4, 0.5) is 0 Å². The predicted octanol–water partition coefficient (Wildman–Crippen LogP) is 2.31. The number of H-pyrrole nitrogens is 1. The Balaban J connectivity index is 2.22. The molecule has 0 saturated heterocycles. The Bertz CT molecular complexity index is 667. The number of nitrogens with one attached hydrogen (secondary N) is 1. The normalized spacial score (nSPS) is 14.4. The van der Waals surface area contributed by atoms with Crippen molar-refractivity contribution < 1.29 is 9.52 Å². The third kappa shape index (κ3) is 2.02. The van der Waals surface area contributed by atoms with Gasteiger partial charge in [0.15, 0.2) is 0 Å². The van der Waals surface area contributed by atoms with Gasteiger partial charge in [-0.25, -0.2) is 0 Å². The van der Waals surface area contributed by atoms with E-state index in [0.29, 0.717) is 5.76 Å². The maximum atomic E-state index is 12.0. The molecule has 19 heavy (non-hydrogen) atoms. The Morgan fingerprint density at radius 2 is 2.00 bits per heavy atom. The molecule has 0 spiro atoms. The second kappa shape index (κ2) is 4.70. The van der Waals surface area contributed by atoms with E-state index in [-0.39, 0.29) is 12.2 Å². The van der Waals surface area contributed by atoms with E-state index in [1.807, 2.05) is 13.0 Å². The van der Waals surface area contributed by atoms with Crippen molar-refractivity contribution in [2.45, 2.75) is 39.2 Å². The summed E-state index contributed by atoms with van der Waals surface area (Å²) in [5.41, 5.74) is 3.88. The Morgan fingerprint density at radius 1 is 1.26 bits per heavy atom. The van der Waals surface area contributed by atoms with Gasteiger partial charge in [-0.05, 0) is 50.3 Å². The highest BCUT2D eigenvalue weighted by Gasteiger charge is 2.21. The van der Waals surface area contributed by atoms with Gasteiger partial charge in [0.1, 0.15) is 18.1 Å². The SMILES string of the molecule is Cc1[nH]c(=O)c2c(c1-c1ccc(CO)o1)CCCC2. The van der Waals surface area contributed by atoms with E-state index in [1.165, 1.54) is 0 Å². The van der Waals surface area contributed by atoms with Crippen LogP contribution in [0.1, 0.15) is 35.4 Å². The molecule has 2 aromatic heterocycles. The number of aliphatic hydroxyl groups is 1. The molecule has 0 amide bonds. The number of aryl methyl sites for hydroxylation is 1. The van der Waals surface area contributed by atoms with Crippen molar-refractivity contribution in [3.05, 3.63) is 45.1 Å². The van der Waals surface area contributed by atoms with Gasteiger partial charge in [0.25, 0.3) is 5.56 Å². The molecule has 0 saturated carbocycles. The lowest BCUT2D eigenvalue weighted by molar-refractivity contribution is 0.248. The number of aromatic amines is 1. The quantitative estimate of drug-likeness (QED) is 0.869. The summed E-state index contributed by atoms with van der Waals surface area (Å²) < 4.78 is 5.63. The fourth-order valence-corrected chi connectivity index (χ4v) is 2.90. The number of fused-ring (bicyclic) bond motifs is 1. The molecule has 0 aliphatic heterocycles. The first-order valence-electron chi connectivity index (χ1n) is 6.65. The van der Waals surface area contributed by atoms with Gasteiger partial charge in [-0.15, -0.1) is 0 Å². The predicted molar refractivity (Wildman–Crippen MR) is 72.1 cm³/mol. The summed E-state index contributed by atoms with van der Waals surface area (Å²) in [6.45, 7) is 1.79. The van der Waals surface area contributed by atoms with E-state index in [0.717, 1.165) is 53.8 Å². The lowest BCUT2D eigenvalue weighted by Gasteiger charge is -2.19. The van der Waals surface area contributed by atoms with E-state index in [1.54, 1.807) is 6.07 Å². The third-order valence-corrected chi connectivity index (χ3v) is 3.78. The monoisotopic (exact) mass is 259 g/mol. The Morgan fingerprint density at radius 3 is 2.68 bits per heavy atom. The average molecular weight is 259 g/mol. The Hall–Kier alpha value is -1.81. The number of pyridine rings is 1. The number of aromatic nitrogens is 1. The fourth-order valence-electron chi connectivity index (χ4n) is 2.90. The van der Waals surface area contributed by atoms with Crippen LogP contribution in [0.15, 0.2) is 21.3 Å². The van der Waals surface area contributed by atoms with Crippen LogP contribution in [0.3, 0.4) is 0 Å². The molecule has 3 rings (SSSR count). The van der Waals surface area contributed by atoms with E-state index in [2.05, 4.69) is 4.98 Å². The minimum atomic E-state index is -0.107. The van der Waals surface area contributed by atoms with Crippen LogP contribution < -0.4 is 5.56 Å². The molecule has 4 heteroatoms. The molecule has 0 unspecified atom stereocenters. The summed E-state index contributed by atoms with van der Waals surface area (Å²) in [6.07, 6.45) is 3.94. The number of hydrogen-bond acceptors (Lipinski definition) is 3. The highest BCUT2D eigenvalue weighted by molar-refractivity contribution is 5.67. The van der Waals surface area contributed by atoms with Crippen LogP contribution in [-0.4, -0.2) is 10.1 Å². The zero-order valence-corrected chi connectivity index (χ0v) is 11.0. The highest BCUT2D eigenvalue weighted by Crippen LogP contribution is 2.32.